The molecule has 23 heavy (non-hydrogen) atoms. The van der Waals surface area contributed by atoms with Crippen molar-refractivity contribution >= 4 is 18.3 Å². The van der Waals surface area contributed by atoms with Gasteiger partial charge in [0, 0.05) is 24.2 Å². The maximum atomic E-state index is 9.50. The minimum absolute atomic E-state index is 0.0668. The van der Waals surface area contributed by atoms with E-state index in [1.807, 2.05) is 0 Å². The predicted octanol–water partition coefficient (Wildman–Crippen LogP) is 1.95. The molecule has 4 nitrogen and oxygen atoms in total. The van der Waals surface area contributed by atoms with Crippen LogP contribution in [-0.4, -0.2) is 42.6 Å². The van der Waals surface area contributed by atoms with Crippen molar-refractivity contribution in [3.63, 3.8) is 0 Å². The second-order valence-corrected chi connectivity index (χ2v) is 8.60. The van der Waals surface area contributed by atoms with E-state index >= 15 is 0 Å². The average Bonchev–Trinajstić information content (AvgIpc) is 2.61. The van der Waals surface area contributed by atoms with Gasteiger partial charge in [-0.3, -0.25) is 0 Å². The zero-order valence-electron chi connectivity index (χ0n) is 14.5. The Balaban J connectivity index is 1.42. The molecule has 0 aromatic heterocycles. The van der Waals surface area contributed by atoms with Crippen molar-refractivity contribution in [2.24, 2.45) is 5.41 Å². The van der Waals surface area contributed by atoms with E-state index in [1.54, 1.807) is 0 Å². The Hall–Kier alpha value is -1.04. The van der Waals surface area contributed by atoms with Crippen molar-refractivity contribution in [1.82, 2.24) is 0 Å². The van der Waals surface area contributed by atoms with E-state index in [0.717, 1.165) is 31.4 Å². The summed E-state index contributed by atoms with van der Waals surface area (Å²) in [7, 11) is -0.293. The van der Waals surface area contributed by atoms with E-state index in [4.69, 9.17) is 9.31 Å². The third kappa shape index (κ3) is 2.41. The molecular weight excluding hydrogens is 289 g/mol. The lowest BCUT2D eigenvalue weighted by atomic mass is 9.62. The maximum Gasteiger partial charge on any atom is 0.494 e. The molecular formula is C18H26BNO3. The maximum absolute atomic E-state index is 9.50. The van der Waals surface area contributed by atoms with E-state index in [9.17, 15) is 5.11 Å². The van der Waals surface area contributed by atoms with Crippen LogP contribution in [0.2, 0.25) is 0 Å². The molecule has 0 radical (unpaired) electrons. The van der Waals surface area contributed by atoms with Gasteiger partial charge in [-0.25, -0.2) is 0 Å². The van der Waals surface area contributed by atoms with Crippen molar-refractivity contribution in [3.05, 3.63) is 24.3 Å². The highest BCUT2D eigenvalue weighted by Crippen LogP contribution is 2.49. The molecule has 0 unspecified atom stereocenters. The van der Waals surface area contributed by atoms with Crippen LogP contribution >= 0.6 is 0 Å². The van der Waals surface area contributed by atoms with Gasteiger partial charge < -0.3 is 19.3 Å². The van der Waals surface area contributed by atoms with Gasteiger partial charge in [0.1, 0.15) is 0 Å². The Morgan fingerprint density at radius 3 is 2.00 bits per heavy atom. The second-order valence-electron chi connectivity index (χ2n) is 8.60. The molecule has 1 N–H and O–H groups in total. The molecule has 2 heterocycles. The number of aliphatic hydroxyl groups is 1. The van der Waals surface area contributed by atoms with Crippen LogP contribution in [0.5, 0.6) is 0 Å². The highest BCUT2D eigenvalue weighted by molar-refractivity contribution is 6.62. The summed E-state index contributed by atoms with van der Waals surface area (Å²) in [5, 5.41) is 9.50. The molecule has 0 atom stereocenters. The SMILES string of the molecule is CC1(C)OB(c2ccc(N3CC4(CC(O)C4)C3)cc2)OC1(C)C. The first kappa shape index (κ1) is 15.5. The summed E-state index contributed by atoms with van der Waals surface area (Å²) < 4.78 is 12.2. The third-order valence-corrected chi connectivity index (χ3v) is 6.17. The number of hydrogen-bond donors (Lipinski definition) is 1. The van der Waals surface area contributed by atoms with Gasteiger partial charge in [-0.15, -0.1) is 0 Å². The van der Waals surface area contributed by atoms with Crippen LogP contribution in [0.15, 0.2) is 24.3 Å². The molecule has 1 aromatic carbocycles. The molecule has 1 saturated carbocycles. The first-order chi connectivity index (χ1) is 10.7. The van der Waals surface area contributed by atoms with Crippen LogP contribution in [0.4, 0.5) is 5.69 Å². The molecule has 1 aromatic rings. The Bertz CT molecular complexity index is 583. The minimum Gasteiger partial charge on any atom is -0.399 e. The fourth-order valence-corrected chi connectivity index (χ4v) is 3.97. The quantitative estimate of drug-likeness (QED) is 0.847. The van der Waals surface area contributed by atoms with Crippen LogP contribution in [0.3, 0.4) is 0 Å². The van der Waals surface area contributed by atoms with Crippen LogP contribution in [0.25, 0.3) is 0 Å². The molecule has 0 bridgehead atoms. The van der Waals surface area contributed by atoms with Crippen LogP contribution in [0, 0.1) is 5.41 Å². The molecule has 3 aliphatic rings. The number of benzene rings is 1. The Kier molecular flexibility index (Phi) is 3.20. The zero-order valence-corrected chi connectivity index (χ0v) is 14.5. The van der Waals surface area contributed by atoms with E-state index in [2.05, 4.69) is 56.9 Å². The molecule has 1 spiro atoms. The van der Waals surface area contributed by atoms with Gasteiger partial charge in [-0.1, -0.05) is 12.1 Å². The Morgan fingerprint density at radius 2 is 1.52 bits per heavy atom. The highest BCUT2D eigenvalue weighted by Gasteiger charge is 2.53. The normalized spacial score (nSPS) is 27.9. The summed E-state index contributed by atoms with van der Waals surface area (Å²) in [6.07, 6.45) is 1.87. The fraction of sp³-hybridized carbons (Fsp3) is 0.667. The number of rotatable bonds is 2. The van der Waals surface area contributed by atoms with E-state index < -0.39 is 0 Å². The third-order valence-electron chi connectivity index (χ3n) is 6.17. The summed E-state index contributed by atoms with van der Waals surface area (Å²) in [6, 6.07) is 8.53. The number of aliphatic hydroxyl groups excluding tert-OH is 1. The Morgan fingerprint density at radius 1 is 1.00 bits per heavy atom. The number of anilines is 1. The summed E-state index contributed by atoms with van der Waals surface area (Å²) in [4.78, 5) is 2.39. The van der Waals surface area contributed by atoms with Crippen molar-refractivity contribution in [2.75, 3.05) is 18.0 Å². The van der Waals surface area contributed by atoms with Crippen LogP contribution in [-0.2, 0) is 9.31 Å². The predicted molar refractivity (Wildman–Crippen MR) is 92.0 cm³/mol. The standard InChI is InChI=1S/C18H26BNO3/c1-16(2)17(3,4)23-19(22-16)13-5-7-14(8-6-13)20-11-18(12-20)9-15(21)10-18/h5-8,15,21H,9-12H2,1-4H3. The lowest BCUT2D eigenvalue weighted by Gasteiger charge is -2.58. The monoisotopic (exact) mass is 315 g/mol. The molecule has 5 heteroatoms. The molecule has 2 aliphatic heterocycles. The Labute approximate surface area is 138 Å². The van der Waals surface area contributed by atoms with Gasteiger partial charge in [-0.2, -0.15) is 0 Å². The summed E-state index contributed by atoms with van der Waals surface area (Å²) in [5.41, 5.74) is 2.11. The van der Waals surface area contributed by atoms with Gasteiger partial charge >= 0.3 is 7.12 Å². The van der Waals surface area contributed by atoms with Crippen LogP contribution in [0.1, 0.15) is 40.5 Å². The largest absolute Gasteiger partial charge is 0.494 e. The molecule has 1 aliphatic carbocycles. The first-order valence-corrected chi connectivity index (χ1v) is 8.58. The smallest absolute Gasteiger partial charge is 0.399 e. The lowest BCUT2D eigenvalue weighted by molar-refractivity contribution is -0.0491. The topological polar surface area (TPSA) is 41.9 Å². The molecule has 2 saturated heterocycles. The van der Waals surface area contributed by atoms with Gasteiger partial charge in [-0.05, 0) is 58.1 Å². The average molecular weight is 315 g/mol. The van der Waals surface area contributed by atoms with Crippen molar-refractivity contribution < 1.29 is 14.4 Å². The van der Waals surface area contributed by atoms with E-state index in [-0.39, 0.29) is 24.4 Å². The first-order valence-electron chi connectivity index (χ1n) is 8.58. The number of nitrogens with zero attached hydrogens (tertiary/aromatic N) is 1. The zero-order chi connectivity index (χ0) is 16.5. The van der Waals surface area contributed by atoms with Gasteiger partial charge in [0.25, 0.3) is 0 Å². The summed E-state index contributed by atoms with van der Waals surface area (Å²) >= 11 is 0. The molecule has 0 amide bonds. The van der Waals surface area contributed by atoms with E-state index in [1.165, 1.54) is 5.69 Å². The van der Waals surface area contributed by atoms with Crippen molar-refractivity contribution in [1.29, 1.82) is 0 Å². The van der Waals surface area contributed by atoms with Crippen molar-refractivity contribution in [3.8, 4) is 0 Å². The van der Waals surface area contributed by atoms with Crippen LogP contribution < -0.4 is 10.4 Å². The summed E-state index contributed by atoms with van der Waals surface area (Å²) in [5.74, 6) is 0. The van der Waals surface area contributed by atoms with Gasteiger partial charge in [0.05, 0.1) is 17.3 Å². The van der Waals surface area contributed by atoms with Crippen molar-refractivity contribution in [2.45, 2.75) is 57.8 Å². The van der Waals surface area contributed by atoms with Gasteiger partial charge in [0.15, 0.2) is 0 Å². The van der Waals surface area contributed by atoms with E-state index in [0.29, 0.717) is 5.41 Å². The molecule has 124 valence electrons. The minimum atomic E-state index is -0.300. The highest BCUT2D eigenvalue weighted by atomic mass is 16.7. The fourth-order valence-electron chi connectivity index (χ4n) is 3.97. The number of hydrogen-bond acceptors (Lipinski definition) is 4. The second kappa shape index (κ2) is 4.75. The lowest BCUT2D eigenvalue weighted by Crippen LogP contribution is -2.63. The molecule has 3 fully saturated rings. The summed E-state index contributed by atoms with van der Waals surface area (Å²) in [6.45, 7) is 10.4. The van der Waals surface area contributed by atoms with Gasteiger partial charge in [0.2, 0.25) is 0 Å². The molecule has 4 rings (SSSR count).